The Labute approximate surface area is 136 Å². The minimum absolute atomic E-state index is 0.287. The molecule has 0 fully saturated rings. The van der Waals surface area contributed by atoms with Crippen LogP contribution in [0.3, 0.4) is 0 Å². The lowest BCUT2D eigenvalue weighted by Gasteiger charge is -2.32. The molecule has 0 spiro atoms. The lowest BCUT2D eigenvalue weighted by atomic mass is 9.99. The number of hydrogen-bond acceptors (Lipinski definition) is 4. The summed E-state index contributed by atoms with van der Waals surface area (Å²) in [6.07, 6.45) is -0.205. The second-order valence-corrected chi connectivity index (χ2v) is 9.55. The quantitative estimate of drug-likeness (QED) is 0.858. The van der Waals surface area contributed by atoms with Crippen molar-refractivity contribution in [3.63, 3.8) is 0 Å². The Balaban J connectivity index is 2.11. The number of nitrogens with zero attached hydrogens (tertiary/aromatic N) is 1. The molecule has 1 unspecified atom stereocenters. The van der Waals surface area contributed by atoms with Crippen molar-refractivity contribution in [1.29, 1.82) is 0 Å². The number of hydrogen-bond donors (Lipinski definition) is 1. The fraction of sp³-hybridized carbons (Fsp3) is 0.286. The summed E-state index contributed by atoms with van der Waals surface area (Å²) in [6.45, 7) is 2.21. The van der Waals surface area contributed by atoms with E-state index in [9.17, 15) is 13.5 Å². The third-order valence-electron chi connectivity index (χ3n) is 3.51. The van der Waals surface area contributed by atoms with Gasteiger partial charge >= 0.3 is 0 Å². The van der Waals surface area contributed by atoms with Gasteiger partial charge in [-0.15, -0.1) is 11.3 Å². The summed E-state index contributed by atoms with van der Waals surface area (Å²) < 4.78 is 28.1. The summed E-state index contributed by atoms with van der Waals surface area (Å²) in [4.78, 5) is 0. The van der Waals surface area contributed by atoms with E-state index in [1.807, 2.05) is 19.1 Å². The number of aliphatic hydroxyl groups is 1. The third-order valence-corrected chi connectivity index (χ3v) is 7.41. The van der Waals surface area contributed by atoms with Gasteiger partial charge in [0, 0.05) is 12.1 Å². The SMILES string of the molecule is Cc1ccc2c(c1)C(O)CCN2S(=O)(=O)c1ccc(Br)s1. The monoisotopic (exact) mass is 387 g/mol. The van der Waals surface area contributed by atoms with E-state index in [0.29, 0.717) is 21.9 Å². The number of sulfonamides is 1. The summed E-state index contributed by atoms with van der Waals surface area (Å²) in [5.74, 6) is 0. The number of rotatable bonds is 2. The van der Waals surface area contributed by atoms with Crippen molar-refractivity contribution >= 4 is 43.0 Å². The summed E-state index contributed by atoms with van der Waals surface area (Å²) in [5, 5.41) is 10.1. The van der Waals surface area contributed by atoms with Crippen molar-refractivity contribution in [2.75, 3.05) is 10.8 Å². The summed E-state index contributed by atoms with van der Waals surface area (Å²) in [5.41, 5.74) is 2.26. The molecular formula is C14H14BrNO3S2. The standard InChI is InChI=1S/C14H14BrNO3S2/c1-9-2-3-11-10(8-9)12(17)6-7-16(11)21(18,19)14-5-4-13(15)20-14/h2-5,8,12,17H,6-7H2,1H3. The van der Waals surface area contributed by atoms with Crippen LogP contribution in [0.4, 0.5) is 5.69 Å². The van der Waals surface area contributed by atoms with Gasteiger partial charge in [-0.25, -0.2) is 8.42 Å². The van der Waals surface area contributed by atoms with Crippen LogP contribution >= 0.6 is 27.3 Å². The fourth-order valence-corrected chi connectivity index (χ4v) is 6.11. The Morgan fingerprint density at radius 3 is 2.76 bits per heavy atom. The number of halogens is 1. The van der Waals surface area contributed by atoms with Gasteiger partial charge in [-0.2, -0.15) is 0 Å². The molecule has 1 aliphatic rings. The highest BCUT2D eigenvalue weighted by Gasteiger charge is 2.33. The second kappa shape index (κ2) is 5.39. The van der Waals surface area contributed by atoms with E-state index in [0.717, 1.165) is 9.35 Å². The van der Waals surface area contributed by atoms with E-state index in [1.54, 1.807) is 18.2 Å². The maximum atomic E-state index is 12.8. The van der Waals surface area contributed by atoms with Gasteiger partial charge in [0.2, 0.25) is 0 Å². The average Bonchev–Trinajstić information content (AvgIpc) is 2.87. The van der Waals surface area contributed by atoms with Gasteiger partial charge < -0.3 is 5.11 Å². The van der Waals surface area contributed by atoms with Crippen LogP contribution in [0.5, 0.6) is 0 Å². The first-order chi connectivity index (χ1) is 9.89. The van der Waals surface area contributed by atoms with Crippen LogP contribution in [0.25, 0.3) is 0 Å². The molecule has 4 nitrogen and oxygen atoms in total. The first-order valence-electron chi connectivity index (χ1n) is 6.46. The van der Waals surface area contributed by atoms with Crippen LogP contribution in [-0.2, 0) is 10.0 Å². The molecule has 112 valence electrons. The van der Waals surface area contributed by atoms with Gasteiger partial charge in [0.15, 0.2) is 0 Å². The highest BCUT2D eigenvalue weighted by molar-refractivity contribution is 9.11. The maximum absolute atomic E-state index is 12.8. The zero-order chi connectivity index (χ0) is 15.2. The van der Waals surface area contributed by atoms with Gasteiger partial charge in [-0.3, -0.25) is 4.31 Å². The van der Waals surface area contributed by atoms with E-state index in [2.05, 4.69) is 15.9 Å². The molecule has 0 bridgehead atoms. The highest BCUT2D eigenvalue weighted by atomic mass is 79.9. The summed E-state index contributed by atoms with van der Waals surface area (Å²) >= 11 is 4.49. The zero-order valence-electron chi connectivity index (χ0n) is 11.3. The van der Waals surface area contributed by atoms with E-state index >= 15 is 0 Å². The predicted octanol–water partition coefficient (Wildman–Crippen LogP) is 3.45. The van der Waals surface area contributed by atoms with Crippen LogP contribution in [-0.4, -0.2) is 20.1 Å². The molecule has 0 aliphatic carbocycles. The average molecular weight is 388 g/mol. The van der Waals surface area contributed by atoms with Gasteiger partial charge in [-0.05, 0) is 47.5 Å². The number of aryl methyl sites for hydroxylation is 1. The molecule has 0 saturated heterocycles. The molecule has 7 heteroatoms. The normalized spacial score (nSPS) is 18.6. The number of aliphatic hydroxyl groups excluding tert-OH is 1. The molecule has 1 aromatic carbocycles. The predicted molar refractivity (Wildman–Crippen MR) is 87.3 cm³/mol. The van der Waals surface area contributed by atoms with Crippen molar-refractivity contribution in [2.24, 2.45) is 0 Å². The Bertz CT molecular complexity index is 785. The van der Waals surface area contributed by atoms with Crippen molar-refractivity contribution < 1.29 is 13.5 Å². The molecule has 2 aromatic rings. The minimum atomic E-state index is -3.58. The highest BCUT2D eigenvalue weighted by Crippen LogP contribution is 2.39. The van der Waals surface area contributed by atoms with Crippen LogP contribution in [0, 0.1) is 6.92 Å². The first-order valence-corrected chi connectivity index (χ1v) is 9.51. The Morgan fingerprint density at radius 1 is 1.33 bits per heavy atom. The molecule has 21 heavy (non-hydrogen) atoms. The number of benzene rings is 1. The first kappa shape index (κ1) is 15.0. The molecule has 1 atom stereocenters. The van der Waals surface area contributed by atoms with Crippen LogP contribution in [0.1, 0.15) is 23.7 Å². The van der Waals surface area contributed by atoms with Crippen molar-refractivity contribution in [1.82, 2.24) is 0 Å². The Morgan fingerprint density at radius 2 is 2.10 bits per heavy atom. The van der Waals surface area contributed by atoms with Crippen LogP contribution < -0.4 is 4.31 Å². The molecule has 3 rings (SSSR count). The molecule has 0 amide bonds. The van der Waals surface area contributed by atoms with E-state index in [4.69, 9.17) is 0 Å². The van der Waals surface area contributed by atoms with Crippen molar-refractivity contribution in [3.8, 4) is 0 Å². The molecule has 0 radical (unpaired) electrons. The van der Waals surface area contributed by atoms with Gasteiger partial charge in [-0.1, -0.05) is 17.7 Å². The van der Waals surface area contributed by atoms with Crippen LogP contribution in [0.15, 0.2) is 38.3 Å². The largest absolute Gasteiger partial charge is 0.388 e. The second-order valence-electron chi connectivity index (χ2n) is 5.00. The maximum Gasteiger partial charge on any atom is 0.273 e. The lowest BCUT2D eigenvalue weighted by Crippen LogP contribution is -2.36. The van der Waals surface area contributed by atoms with Gasteiger partial charge in [0.05, 0.1) is 15.6 Å². The van der Waals surface area contributed by atoms with Crippen LogP contribution in [0.2, 0.25) is 0 Å². The summed E-state index contributed by atoms with van der Waals surface area (Å²) in [6, 6.07) is 8.82. The fourth-order valence-electron chi connectivity index (χ4n) is 2.48. The van der Waals surface area contributed by atoms with Gasteiger partial charge in [0.25, 0.3) is 10.0 Å². The van der Waals surface area contributed by atoms with E-state index in [-0.39, 0.29) is 6.54 Å². The molecule has 0 saturated carbocycles. The number of thiophene rings is 1. The molecule has 1 N–H and O–H groups in total. The minimum Gasteiger partial charge on any atom is -0.388 e. The summed E-state index contributed by atoms with van der Waals surface area (Å²) in [7, 11) is -3.58. The third kappa shape index (κ3) is 2.63. The Kier molecular flexibility index (Phi) is 3.85. The molecular weight excluding hydrogens is 374 g/mol. The Hall–Kier alpha value is -0.890. The van der Waals surface area contributed by atoms with Crippen molar-refractivity contribution in [2.45, 2.75) is 23.7 Å². The lowest BCUT2D eigenvalue weighted by molar-refractivity contribution is 0.166. The molecule has 1 aliphatic heterocycles. The van der Waals surface area contributed by atoms with E-state index in [1.165, 1.54) is 15.6 Å². The molecule has 2 heterocycles. The van der Waals surface area contributed by atoms with E-state index < -0.39 is 16.1 Å². The molecule has 1 aromatic heterocycles. The zero-order valence-corrected chi connectivity index (χ0v) is 14.5. The number of fused-ring (bicyclic) bond motifs is 1. The smallest absolute Gasteiger partial charge is 0.273 e. The van der Waals surface area contributed by atoms with Gasteiger partial charge in [0.1, 0.15) is 4.21 Å². The van der Waals surface area contributed by atoms with Crippen molar-refractivity contribution in [3.05, 3.63) is 45.2 Å². The number of anilines is 1. The topological polar surface area (TPSA) is 57.6 Å².